The zero-order valence-electron chi connectivity index (χ0n) is 10.2. The molecule has 0 radical (unpaired) electrons. The van der Waals surface area contributed by atoms with Gasteiger partial charge in [0, 0.05) is 18.3 Å². The van der Waals surface area contributed by atoms with E-state index in [-0.39, 0.29) is 17.3 Å². The van der Waals surface area contributed by atoms with Crippen LogP contribution in [0.15, 0.2) is 30.7 Å². The lowest BCUT2D eigenvalue weighted by atomic mass is 10.1. The maximum Gasteiger partial charge on any atom is 0.326 e. The third kappa shape index (κ3) is 3.55. The number of pyridine rings is 1. The van der Waals surface area contributed by atoms with Crippen molar-refractivity contribution in [2.45, 2.75) is 12.5 Å². The van der Waals surface area contributed by atoms with E-state index in [1.165, 1.54) is 24.7 Å². The maximum atomic E-state index is 11.9. The number of carboxylic acids is 1. The summed E-state index contributed by atoms with van der Waals surface area (Å²) < 4.78 is 0. The van der Waals surface area contributed by atoms with Gasteiger partial charge in [-0.05, 0) is 12.1 Å². The number of imidazole rings is 1. The summed E-state index contributed by atoms with van der Waals surface area (Å²) in [4.78, 5) is 33.5. The highest BCUT2D eigenvalue weighted by atomic mass is 35.5. The summed E-state index contributed by atoms with van der Waals surface area (Å²) in [6.45, 7) is 0. The lowest BCUT2D eigenvalue weighted by Crippen LogP contribution is -2.42. The first-order valence-electron chi connectivity index (χ1n) is 5.69. The van der Waals surface area contributed by atoms with Crippen LogP contribution in [0.25, 0.3) is 0 Å². The number of halogens is 1. The van der Waals surface area contributed by atoms with E-state index in [9.17, 15) is 9.59 Å². The highest BCUT2D eigenvalue weighted by Crippen LogP contribution is 2.06. The van der Waals surface area contributed by atoms with Crippen molar-refractivity contribution in [2.24, 2.45) is 0 Å². The number of carbonyl (C=O) groups excluding carboxylic acids is 1. The van der Waals surface area contributed by atoms with E-state index < -0.39 is 17.9 Å². The Bertz CT molecular complexity index is 615. The number of hydrogen-bond acceptors (Lipinski definition) is 4. The third-order valence-corrected chi connectivity index (χ3v) is 2.74. The molecule has 1 amide bonds. The molecule has 20 heavy (non-hydrogen) atoms. The number of carboxylic acid groups (broad SMARTS) is 1. The molecule has 0 unspecified atom stereocenters. The minimum absolute atomic E-state index is 0.0633. The van der Waals surface area contributed by atoms with E-state index in [2.05, 4.69) is 20.3 Å². The minimum Gasteiger partial charge on any atom is -0.480 e. The van der Waals surface area contributed by atoms with Crippen molar-refractivity contribution in [3.63, 3.8) is 0 Å². The van der Waals surface area contributed by atoms with Gasteiger partial charge in [0.2, 0.25) is 0 Å². The van der Waals surface area contributed by atoms with Crippen LogP contribution in [0.4, 0.5) is 0 Å². The zero-order valence-corrected chi connectivity index (χ0v) is 11.0. The molecule has 0 aliphatic carbocycles. The normalized spacial score (nSPS) is 11.8. The van der Waals surface area contributed by atoms with Gasteiger partial charge in [-0.3, -0.25) is 4.79 Å². The van der Waals surface area contributed by atoms with Gasteiger partial charge in [-0.25, -0.2) is 14.8 Å². The van der Waals surface area contributed by atoms with E-state index >= 15 is 0 Å². The van der Waals surface area contributed by atoms with Crippen molar-refractivity contribution in [1.82, 2.24) is 20.3 Å². The van der Waals surface area contributed by atoms with Gasteiger partial charge in [0.1, 0.15) is 16.9 Å². The second-order valence-corrected chi connectivity index (χ2v) is 4.38. The molecule has 0 saturated heterocycles. The van der Waals surface area contributed by atoms with E-state index in [1.807, 2.05) is 0 Å². The maximum absolute atomic E-state index is 11.9. The fourth-order valence-corrected chi connectivity index (χ4v) is 1.75. The number of aromatic amines is 1. The van der Waals surface area contributed by atoms with Gasteiger partial charge in [0.15, 0.2) is 0 Å². The minimum atomic E-state index is -1.14. The van der Waals surface area contributed by atoms with E-state index in [0.29, 0.717) is 5.69 Å². The first-order valence-corrected chi connectivity index (χ1v) is 6.07. The zero-order chi connectivity index (χ0) is 14.5. The van der Waals surface area contributed by atoms with Crippen LogP contribution >= 0.6 is 11.6 Å². The summed E-state index contributed by atoms with van der Waals surface area (Å²) >= 11 is 5.68. The lowest BCUT2D eigenvalue weighted by molar-refractivity contribution is -0.139. The molecule has 0 bridgehead atoms. The number of nitrogens with zero attached hydrogens (tertiary/aromatic N) is 2. The predicted molar refractivity (Wildman–Crippen MR) is 70.4 cm³/mol. The summed E-state index contributed by atoms with van der Waals surface area (Å²) in [6.07, 6.45) is 3.04. The monoisotopic (exact) mass is 294 g/mol. The van der Waals surface area contributed by atoms with Gasteiger partial charge >= 0.3 is 5.97 Å². The summed E-state index contributed by atoms with van der Waals surface area (Å²) in [5.41, 5.74) is 0.671. The molecule has 0 saturated carbocycles. The molecule has 0 fully saturated rings. The summed E-state index contributed by atoms with van der Waals surface area (Å²) in [7, 11) is 0. The Balaban J connectivity index is 2.08. The second kappa shape index (κ2) is 6.16. The van der Waals surface area contributed by atoms with Gasteiger partial charge in [-0.15, -0.1) is 0 Å². The van der Waals surface area contributed by atoms with Crippen molar-refractivity contribution in [3.8, 4) is 0 Å². The number of amides is 1. The van der Waals surface area contributed by atoms with Crippen molar-refractivity contribution >= 4 is 23.5 Å². The molecule has 0 aromatic carbocycles. The Morgan fingerprint density at radius 1 is 1.45 bits per heavy atom. The first kappa shape index (κ1) is 14.0. The number of aromatic nitrogens is 3. The Labute approximate surface area is 119 Å². The highest BCUT2D eigenvalue weighted by Gasteiger charge is 2.22. The average Bonchev–Trinajstić information content (AvgIpc) is 2.90. The third-order valence-electron chi connectivity index (χ3n) is 2.53. The van der Waals surface area contributed by atoms with Crippen molar-refractivity contribution in [1.29, 1.82) is 0 Å². The largest absolute Gasteiger partial charge is 0.480 e. The molecule has 2 rings (SSSR count). The average molecular weight is 295 g/mol. The van der Waals surface area contributed by atoms with Crippen LogP contribution in [0.1, 0.15) is 16.2 Å². The molecule has 7 nitrogen and oxygen atoms in total. The first-order chi connectivity index (χ1) is 9.56. The topological polar surface area (TPSA) is 108 Å². The molecule has 0 aliphatic rings. The Kier molecular flexibility index (Phi) is 4.31. The van der Waals surface area contributed by atoms with E-state index in [1.54, 1.807) is 6.07 Å². The molecule has 3 N–H and O–H groups in total. The number of hydrogen-bond donors (Lipinski definition) is 3. The Morgan fingerprint density at radius 2 is 2.25 bits per heavy atom. The summed E-state index contributed by atoms with van der Waals surface area (Å²) in [5.74, 6) is -1.74. The number of nitrogens with one attached hydrogen (secondary N) is 2. The van der Waals surface area contributed by atoms with Crippen molar-refractivity contribution in [3.05, 3.63) is 47.3 Å². The Morgan fingerprint density at radius 3 is 2.85 bits per heavy atom. The van der Waals surface area contributed by atoms with Crippen LogP contribution in [0.2, 0.25) is 5.15 Å². The van der Waals surface area contributed by atoms with Crippen LogP contribution in [0.5, 0.6) is 0 Å². The quantitative estimate of drug-likeness (QED) is 0.710. The summed E-state index contributed by atoms with van der Waals surface area (Å²) in [6, 6.07) is 3.46. The van der Waals surface area contributed by atoms with Crippen molar-refractivity contribution < 1.29 is 14.7 Å². The highest BCUT2D eigenvalue weighted by molar-refractivity contribution is 6.29. The van der Waals surface area contributed by atoms with E-state index in [0.717, 1.165) is 0 Å². The second-order valence-electron chi connectivity index (χ2n) is 3.99. The fourth-order valence-electron chi connectivity index (χ4n) is 1.58. The molecular formula is C12H11ClN4O3. The molecule has 0 aliphatic heterocycles. The van der Waals surface area contributed by atoms with Crippen molar-refractivity contribution in [2.75, 3.05) is 0 Å². The van der Waals surface area contributed by atoms with Crippen LogP contribution in [-0.4, -0.2) is 38.0 Å². The molecule has 8 heteroatoms. The van der Waals surface area contributed by atoms with Gasteiger partial charge in [0.05, 0.1) is 6.33 Å². The van der Waals surface area contributed by atoms with Crippen LogP contribution in [0.3, 0.4) is 0 Å². The standard InChI is InChI=1S/C12H11ClN4O3/c13-10-3-1-2-8(16-10)11(18)17-9(12(19)20)4-7-5-14-6-15-7/h1-3,5-6,9H,4H2,(H,14,15)(H,17,18)(H,19,20)/t9-/m0/s1. The molecule has 1 atom stereocenters. The summed E-state index contributed by atoms with van der Waals surface area (Å²) in [5, 5.41) is 11.7. The number of H-pyrrole nitrogens is 1. The lowest BCUT2D eigenvalue weighted by Gasteiger charge is -2.13. The van der Waals surface area contributed by atoms with Crippen LogP contribution in [0, 0.1) is 0 Å². The number of carbonyl (C=O) groups is 2. The molecular weight excluding hydrogens is 284 g/mol. The van der Waals surface area contributed by atoms with Crippen LogP contribution in [-0.2, 0) is 11.2 Å². The smallest absolute Gasteiger partial charge is 0.326 e. The SMILES string of the molecule is O=C(N[C@@H](Cc1cnc[nH]1)C(=O)O)c1cccc(Cl)n1. The van der Waals surface area contributed by atoms with Gasteiger partial charge in [-0.2, -0.15) is 0 Å². The van der Waals surface area contributed by atoms with Gasteiger partial charge < -0.3 is 15.4 Å². The molecule has 2 heterocycles. The van der Waals surface area contributed by atoms with E-state index in [4.69, 9.17) is 16.7 Å². The molecule has 0 spiro atoms. The molecule has 2 aromatic heterocycles. The number of rotatable bonds is 5. The number of aliphatic carboxylic acids is 1. The predicted octanol–water partition coefficient (Wildman–Crippen LogP) is 0.884. The molecule has 2 aromatic rings. The van der Waals surface area contributed by atoms with Gasteiger partial charge in [-0.1, -0.05) is 17.7 Å². The van der Waals surface area contributed by atoms with Gasteiger partial charge in [0.25, 0.3) is 5.91 Å². The molecule has 104 valence electrons. The van der Waals surface area contributed by atoms with Crippen LogP contribution < -0.4 is 5.32 Å². The Hall–Kier alpha value is -2.41. The fraction of sp³-hybridized carbons (Fsp3) is 0.167.